The third kappa shape index (κ3) is 4.04. The van der Waals surface area contributed by atoms with E-state index < -0.39 is 0 Å². The number of hydrogen-bond acceptors (Lipinski definition) is 3. The first-order valence-electron chi connectivity index (χ1n) is 9.61. The van der Waals surface area contributed by atoms with Crippen molar-refractivity contribution in [2.45, 2.75) is 32.1 Å². The van der Waals surface area contributed by atoms with Gasteiger partial charge in [0.25, 0.3) is 5.91 Å². The van der Waals surface area contributed by atoms with E-state index in [1.54, 1.807) is 0 Å². The number of carbonyl (C=O) groups is 2. The van der Waals surface area contributed by atoms with Crippen molar-refractivity contribution in [3.05, 3.63) is 29.8 Å². The molecule has 0 unspecified atom stereocenters. The zero-order valence-electron chi connectivity index (χ0n) is 15.1. The van der Waals surface area contributed by atoms with E-state index >= 15 is 0 Å². The van der Waals surface area contributed by atoms with Crippen LogP contribution >= 0.6 is 12.4 Å². The molecule has 26 heavy (non-hydrogen) atoms. The molecule has 0 bridgehead atoms. The quantitative estimate of drug-likeness (QED) is 0.851. The van der Waals surface area contributed by atoms with Crippen LogP contribution in [-0.4, -0.2) is 42.9 Å². The van der Waals surface area contributed by atoms with Gasteiger partial charge in [-0.1, -0.05) is 25.3 Å². The lowest BCUT2D eigenvalue weighted by molar-refractivity contribution is -0.120. The van der Waals surface area contributed by atoms with Gasteiger partial charge in [-0.2, -0.15) is 0 Å². The van der Waals surface area contributed by atoms with Gasteiger partial charge in [-0.3, -0.25) is 9.59 Å². The summed E-state index contributed by atoms with van der Waals surface area (Å²) < 4.78 is 0. The Morgan fingerprint density at radius 2 is 1.73 bits per heavy atom. The molecule has 2 heterocycles. The molecule has 0 spiro atoms. The Balaban J connectivity index is 0.00000196. The van der Waals surface area contributed by atoms with Gasteiger partial charge in [0.15, 0.2) is 0 Å². The van der Waals surface area contributed by atoms with Gasteiger partial charge in [-0.25, -0.2) is 0 Å². The maximum atomic E-state index is 12.8. The Hall–Kier alpha value is -1.59. The number of likely N-dealkylation sites (tertiary alicyclic amines) is 1. The van der Waals surface area contributed by atoms with Crippen LogP contribution in [0.4, 0.5) is 5.69 Å². The average molecular weight is 378 g/mol. The summed E-state index contributed by atoms with van der Waals surface area (Å²) in [6.07, 6.45) is 5.48. The molecule has 2 N–H and O–H groups in total. The molecular weight excluding hydrogens is 350 g/mol. The number of halogens is 1. The van der Waals surface area contributed by atoms with Crippen molar-refractivity contribution in [2.75, 3.05) is 31.5 Å². The molecule has 1 aliphatic carbocycles. The molecule has 0 aromatic heterocycles. The maximum absolute atomic E-state index is 12.8. The summed E-state index contributed by atoms with van der Waals surface area (Å²) in [4.78, 5) is 27.2. The molecule has 5 nitrogen and oxygen atoms in total. The van der Waals surface area contributed by atoms with Crippen LogP contribution in [0.15, 0.2) is 24.3 Å². The van der Waals surface area contributed by atoms with Crippen molar-refractivity contribution < 1.29 is 9.59 Å². The fraction of sp³-hybridized carbons (Fsp3) is 0.600. The highest BCUT2D eigenvalue weighted by atomic mass is 35.5. The van der Waals surface area contributed by atoms with Crippen molar-refractivity contribution in [2.24, 2.45) is 17.8 Å². The highest BCUT2D eigenvalue weighted by molar-refractivity contribution is 5.97. The standard InChI is InChI=1S/C20H27N3O2.ClH/c24-19(14-5-2-1-3-6-14)22-18-8-4-7-15(9-18)20(25)23-12-16-10-21-11-17(16)13-23;/h4,7-9,14,16-17,21H,1-3,5-6,10-13H2,(H,22,24);1H/t16-,17+;. The number of fused-ring (bicyclic) bond motifs is 1. The van der Waals surface area contributed by atoms with Crippen LogP contribution in [0, 0.1) is 17.8 Å². The van der Waals surface area contributed by atoms with E-state index in [0.29, 0.717) is 17.4 Å². The number of nitrogens with one attached hydrogen (secondary N) is 2. The van der Waals surface area contributed by atoms with Gasteiger partial charge in [-0.05, 0) is 42.9 Å². The minimum Gasteiger partial charge on any atom is -0.338 e. The maximum Gasteiger partial charge on any atom is 0.253 e. The Kier molecular flexibility index (Phi) is 6.20. The number of rotatable bonds is 3. The largest absolute Gasteiger partial charge is 0.338 e. The second-order valence-corrected chi connectivity index (χ2v) is 7.79. The number of nitrogens with zero attached hydrogens (tertiary/aromatic N) is 1. The number of anilines is 1. The lowest BCUT2D eigenvalue weighted by Crippen LogP contribution is -2.32. The highest BCUT2D eigenvalue weighted by Crippen LogP contribution is 2.28. The highest BCUT2D eigenvalue weighted by Gasteiger charge is 2.38. The molecule has 1 aromatic carbocycles. The summed E-state index contributed by atoms with van der Waals surface area (Å²) in [6, 6.07) is 7.42. The molecule has 3 aliphatic rings. The topological polar surface area (TPSA) is 61.4 Å². The van der Waals surface area contributed by atoms with E-state index in [9.17, 15) is 9.59 Å². The number of amides is 2. The average Bonchev–Trinajstić information content (AvgIpc) is 3.24. The SMILES string of the molecule is Cl.O=C(Nc1cccc(C(=O)N2C[C@H]3CNC[C@H]3C2)c1)C1CCCCC1. The molecule has 142 valence electrons. The van der Waals surface area contributed by atoms with E-state index in [1.165, 1.54) is 6.42 Å². The predicted molar refractivity (Wildman–Crippen MR) is 105 cm³/mol. The summed E-state index contributed by atoms with van der Waals surface area (Å²) in [5.74, 6) is 1.50. The van der Waals surface area contributed by atoms with Gasteiger partial charge in [0, 0.05) is 43.3 Å². The molecule has 1 aromatic rings. The van der Waals surface area contributed by atoms with Crippen LogP contribution in [0.3, 0.4) is 0 Å². The molecular formula is C20H28ClN3O2. The van der Waals surface area contributed by atoms with E-state index in [-0.39, 0.29) is 30.1 Å². The first kappa shape index (κ1) is 19.2. The fourth-order valence-corrected chi connectivity index (χ4v) is 4.54. The van der Waals surface area contributed by atoms with Crippen LogP contribution in [0.5, 0.6) is 0 Å². The van der Waals surface area contributed by atoms with Gasteiger partial charge >= 0.3 is 0 Å². The van der Waals surface area contributed by atoms with Crippen LogP contribution in [-0.2, 0) is 4.79 Å². The van der Waals surface area contributed by atoms with Gasteiger partial charge in [0.1, 0.15) is 0 Å². The molecule has 0 radical (unpaired) electrons. The number of carbonyl (C=O) groups excluding carboxylic acids is 2. The summed E-state index contributed by atoms with van der Waals surface area (Å²) in [5, 5.41) is 6.42. The monoisotopic (exact) mass is 377 g/mol. The van der Waals surface area contributed by atoms with Gasteiger partial charge < -0.3 is 15.5 Å². The molecule has 6 heteroatoms. The van der Waals surface area contributed by atoms with Crippen LogP contribution in [0.2, 0.25) is 0 Å². The Morgan fingerprint density at radius 1 is 1.04 bits per heavy atom. The number of benzene rings is 1. The molecule has 4 rings (SSSR count). The van der Waals surface area contributed by atoms with Gasteiger partial charge in [0.05, 0.1) is 0 Å². The van der Waals surface area contributed by atoms with Crippen molar-refractivity contribution in [1.29, 1.82) is 0 Å². The van der Waals surface area contributed by atoms with Crippen LogP contribution in [0.25, 0.3) is 0 Å². The first-order chi connectivity index (χ1) is 12.2. The minimum atomic E-state index is 0. The van der Waals surface area contributed by atoms with Crippen molar-refractivity contribution in [1.82, 2.24) is 10.2 Å². The minimum absolute atomic E-state index is 0. The van der Waals surface area contributed by atoms with Gasteiger partial charge in [0.2, 0.25) is 5.91 Å². The van der Waals surface area contributed by atoms with Crippen LogP contribution in [0.1, 0.15) is 42.5 Å². The Labute approximate surface area is 161 Å². The van der Waals surface area contributed by atoms with Gasteiger partial charge in [-0.15, -0.1) is 12.4 Å². The van der Waals surface area contributed by atoms with Crippen molar-refractivity contribution in [3.63, 3.8) is 0 Å². The Morgan fingerprint density at radius 3 is 2.42 bits per heavy atom. The smallest absolute Gasteiger partial charge is 0.253 e. The predicted octanol–water partition coefficient (Wildman–Crippen LogP) is 2.92. The molecule has 2 saturated heterocycles. The molecule has 1 saturated carbocycles. The zero-order chi connectivity index (χ0) is 17.2. The summed E-state index contributed by atoms with van der Waals surface area (Å²) >= 11 is 0. The lowest BCUT2D eigenvalue weighted by atomic mass is 9.88. The number of hydrogen-bond donors (Lipinski definition) is 2. The van der Waals surface area contributed by atoms with E-state index in [0.717, 1.165) is 57.5 Å². The first-order valence-corrected chi connectivity index (χ1v) is 9.61. The molecule has 2 amide bonds. The lowest BCUT2D eigenvalue weighted by Gasteiger charge is -2.21. The van der Waals surface area contributed by atoms with Crippen molar-refractivity contribution >= 4 is 29.9 Å². The summed E-state index contributed by atoms with van der Waals surface area (Å²) in [6.45, 7) is 3.72. The molecule has 2 atom stereocenters. The molecule has 3 fully saturated rings. The fourth-order valence-electron chi connectivity index (χ4n) is 4.54. The third-order valence-corrected chi connectivity index (χ3v) is 6.03. The van der Waals surface area contributed by atoms with Crippen molar-refractivity contribution in [3.8, 4) is 0 Å². The second kappa shape index (κ2) is 8.40. The van der Waals surface area contributed by atoms with E-state index in [2.05, 4.69) is 10.6 Å². The van der Waals surface area contributed by atoms with E-state index in [4.69, 9.17) is 0 Å². The zero-order valence-corrected chi connectivity index (χ0v) is 15.9. The Bertz CT molecular complexity index is 648. The second-order valence-electron chi connectivity index (χ2n) is 7.79. The normalized spacial score (nSPS) is 25.5. The van der Waals surface area contributed by atoms with E-state index in [1.807, 2.05) is 29.2 Å². The van der Waals surface area contributed by atoms with Crippen LogP contribution < -0.4 is 10.6 Å². The summed E-state index contributed by atoms with van der Waals surface area (Å²) in [7, 11) is 0. The molecule has 2 aliphatic heterocycles. The third-order valence-electron chi connectivity index (χ3n) is 6.03. The summed E-state index contributed by atoms with van der Waals surface area (Å²) in [5.41, 5.74) is 1.41.